The summed E-state index contributed by atoms with van der Waals surface area (Å²) in [6.07, 6.45) is 2.32. The lowest BCUT2D eigenvalue weighted by atomic mass is 10.1. The predicted octanol–water partition coefficient (Wildman–Crippen LogP) is 1.63. The number of carbonyl (C=O) groups excluding carboxylic acids is 1. The molecule has 1 saturated heterocycles. The molecule has 5 heteroatoms. The molecule has 1 fully saturated rings. The minimum atomic E-state index is -0.453. The van der Waals surface area contributed by atoms with Gasteiger partial charge in [0.25, 0.3) is 0 Å². The number of anilines is 1. The van der Waals surface area contributed by atoms with E-state index in [9.17, 15) is 4.79 Å². The summed E-state index contributed by atoms with van der Waals surface area (Å²) in [5.41, 5.74) is 6.61. The van der Waals surface area contributed by atoms with Crippen LogP contribution in [0, 0.1) is 0 Å². The Kier molecular flexibility index (Phi) is 4.09. The molecule has 0 bridgehead atoms. The standard InChI is InChI=1S/C13H18ClN3O/c1-17(10-3-2-6-16-8-10)12-5-4-9(13(15)18)7-11(12)14/h4-5,7,10,16H,2-3,6,8H2,1H3,(H2,15,18). The van der Waals surface area contributed by atoms with E-state index in [0.29, 0.717) is 16.6 Å². The molecule has 1 aromatic rings. The second-order valence-corrected chi connectivity index (χ2v) is 5.05. The molecule has 2 rings (SSSR count). The van der Waals surface area contributed by atoms with E-state index in [-0.39, 0.29) is 0 Å². The molecular weight excluding hydrogens is 250 g/mol. The van der Waals surface area contributed by atoms with E-state index in [0.717, 1.165) is 25.2 Å². The molecule has 4 nitrogen and oxygen atoms in total. The van der Waals surface area contributed by atoms with Gasteiger partial charge in [-0.15, -0.1) is 0 Å². The highest BCUT2D eigenvalue weighted by molar-refractivity contribution is 6.33. The number of nitrogens with two attached hydrogens (primary N) is 1. The van der Waals surface area contributed by atoms with Gasteiger partial charge in [-0.05, 0) is 37.6 Å². The average Bonchev–Trinajstić information content (AvgIpc) is 2.38. The molecule has 3 N–H and O–H groups in total. The number of hydrogen-bond acceptors (Lipinski definition) is 3. The Labute approximate surface area is 112 Å². The van der Waals surface area contributed by atoms with Crippen molar-refractivity contribution in [3.05, 3.63) is 28.8 Å². The molecule has 1 heterocycles. The molecule has 0 aliphatic carbocycles. The van der Waals surface area contributed by atoms with Gasteiger partial charge in [-0.25, -0.2) is 0 Å². The molecule has 18 heavy (non-hydrogen) atoms. The Hall–Kier alpha value is -1.26. The zero-order chi connectivity index (χ0) is 13.1. The Bertz CT molecular complexity index is 444. The van der Waals surface area contributed by atoms with Crippen molar-refractivity contribution in [1.29, 1.82) is 0 Å². The van der Waals surface area contributed by atoms with E-state index in [1.165, 1.54) is 6.42 Å². The third-order valence-electron chi connectivity index (χ3n) is 3.43. The number of piperidine rings is 1. The fourth-order valence-electron chi connectivity index (χ4n) is 2.31. The van der Waals surface area contributed by atoms with Crippen LogP contribution in [-0.2, 0) is 0 Å². The van der Waals surface area contributed by atoms with E-state index in [2.05, 4.69) is 10.2 Å². The zero-order valence-corrected chi connectivity index (χ0v) is 11.2. The Balaban J connectivity index is 2.19. The summed E-state index contributed by atoms with van der Waals surface area (Å²) >= 11 is 6.22. The molecule has 1 aromatic carbocycles. The normalized spacial score (nSPS) is 19.6. The van der Waals surface area contributed by atoms with E-state index < -0.39 is 5.91 Å². The van der Waals surface area contributed by atoms with Gasteiger partial charge in [0.15, 0.2) is 0 Å². The molecule has 1 atom stereocenters. The van der Waals surface area contributed by atoms with Crippen molar-refractivity contribution in [2.24, 2.45) is 5.73 Å². The summed E-state index contributed by atoms with van der Waals surface area (Å²) in [5.74, 6) is -0.453. The number of hydrogen-bond donors (Lipinski definition) is 2. The topological polar surface area (TPSA) is 58.4 Å². The lowest BCUT2D eigenvalue weighted by Gasteiger charge is -2.33. The molecule has 0 saturated carbocycles. The predicted molar refractivity (Wildman–Crippen MR) is 74.3 cm³/mol. The van der Waals surface area contributed by atoms with E-state index in [1.807, 2.05) is 13.1 Å². The van der Waals surface area contributed by atoms with Crippen molar-refractivity contribution in [2.75, 3.05) is 25.0 Å². The molecule has 1 aliphatic rings. The van der Waals surface area contributed by atoms with Gasteiger partial charge >= 0.3 is 0 Å². The number of rotatable bonds is 3. The Morgan fingerprint density at radius 1 is 1.56 bits per heavy atom. The van der Waals surface area contributed by atoms with E-state index in [4.69, 9.17) is 17.3 Å². The highest BCUT2D eigenvalue weighted by atomic mass is 35.5. The molecule has 1 amide bonds. The van der Waals surface area contributed by atoms with Crippen LogP contribution in [0.4, 0.5) is 5.69 Å². The molecule has 98 valence electrons. The second-order valence-electron chi connectivity index (χ2n) is 4.64. The van der Waals surface area contributed by atoms with Crippen molar-refractivity contribution in [2.45, 2.75) is 18.9 Å². The minimum Gasteiger partial charge on any atom is -0.369 e. The number of benzene rings is 1. The first-order valence-electron chi connectivity index (χ1n) is 6.12. The van der Waals surface area contributed by atoms with Gasteiger partial charge in [-0.3, -0.25) is 4.79 Å². The summed E-state index contributed by atoms with van der Waals surface area (Å²) in [6, 6.07) is 5.65. The number of nitrogens with zero attached hydrogens (tertiary/aromatic N) is 1. The van der Waals surface area contributed by atoms with Gasteiger partial charge in [0.1, 0.15) is 0 Å². The lowest BCUT2D eigenvalue weighted by Crippen LogP contribution is -2.44. The third-order valence-corrected chi connectivity index (χ3v) is 3.73. The first-order valence-corrected chi connectivity index (χ1v) is 6.50. The number of nitrogens with one attached hydrogen (secondary N) is 1. The number of likely N-dealkylation sites (N-methyl/N-ethyl adjacent to an activating group) is 1. The van der Waals surface area contributed by atoms with Gasteiger partial charge in [0, 0.05) is 25.2 Å². The molecular formula is C13H18ClN3O. The minimum absolute atomic E-state index is 0.440. The van der Waals surface area contributed by atoms with Crippen LogP contribution in [0.15, 0.2) is 18.2 Å². The number of amides is 1. The Morgan fingerprint density at radius 3 is 2.89 bits per heavy atom. The highest BCUT2D eigenvalue weighted by Gasteiger charge is 2.20. The summed E-state index contributed by atoms with van der Waals surface area (Å²) in [7, 11) is 2.03. The van der Waals surface area contributed by atoms with Gasteiger partial charge in [-0.1, -0.05) is 11.6 Å². The number of primary amides is 1. The van der Waals surface area contributed by atoms with Crippen LogP contribution in [0.1, 0.15) is 23.2 Å². The van der Waals surface area contributed by atoms with Crippen LogP contribution >= 0.6 is 11.6 Å². The van der Waals surface area contributed by atoms with Crippen molar-refractivity contribution in [3.8, 4) is 0 Å². The van der Waals surface area contributed by atoms with Crippen LogP contribution in [0.5, 0.6) is 0 Å². The highest BCUT2D eigenvalue weighted by Crippen LogP contribution is 2.28. The zero-order valence-electron chi connectivity index (χ0n) is 10.4. The van der Waals surface area contributed by atoms with Crippen LogP contribution < -0.4 is 16.0 Å². The lowest BCUT2D eigenvalue weighted by molar-refractivity contribution is 0.100. The number of carbonyl (C=O) groups is 1. The maximum atomic E-state index is 11.1. The van der Waals surface area contributed by atoms with Crippen LogP contribution in [-0.4, -0.2) is 32.1 Å². The monoisotopic (exact) mass is 267 g/mol. The van der Waals surface area contributed by atoms with Crippen molar-refractivity contribution >= 4 is 23.2 Å². The molecule has 0 spiro atoms. The summed E-state index contributed by atoms with van der Waals surface area (Å²) < 4.78 is 0. The molecule has 0 aromatic heterocycles. The van der Waals surface area contributed by atoms with Crippen molar-refractivity contribution in [3.63, 3.8) is 0 Å². The van der Waals surface area contributed by atoms with Crippen LogP contribution in [0.25, 0.3) is 0 Å². The maximum Gasteiger partial charge on any atom is 0.248 e. The number of halogens is 1. The fraction of sp³-hybridized carbons (Fsp3) is 0.462. The summed E-state index contributed by atoms with van der Waals surface area (Å²) in [4.78, 5) is 13.2. The molecule has 1 unspecified atom stereocenters. The maximum absolute atomic E-state index is 11.1. The largest absolute Gasteiger partial charge is 0.369 e. The first kappa shape index (κ1) is 13.2. The smallest absolute Gasteiger partial charge is 0.248 e. The quantitative estimate of drug-likeness (QED) is 0.875. The van der Waals surface area contributed by atoms with Crippen LogP contribution in [0.2, 0.25) is 5.02 Å². The average molecular weight is 268 g/mol. The first-order chi connectivity index (χ1) is 8.59. The van der Waals surface area contributed by atoms with Gasteiger partial charge in [-0.2, -0.15) is 0 Å². The third kappa shape index (κ3) is 2.76. The SMILES string of the molecule is CN(c1ccc(C(N)=O)cc1Cl)C1CCCNC1. The fourth-order valence-corrected chi connectivity index (χ4v) is 2.62. The van der Waals surface area contributed by atoms with E-state index in [1.54, 1.807) is 12.1 Å². The summed E-state index contributed by atoms with van der Waals surface area (Å²) in [5, 5.41) is 3.94. The molecule has 0 radical (unpaired) electrons. The van der Waals surface area contributed by atoms with Crippen molar-refractivity contribution < 1.29 is 4.79 Å². The summed E-state index contributed by atoms with van der Waals surface area (Å²) in [6.45, 7) is 2.04. The van der Waals surface area contributed by atoms with Gasteiger partial charge in [0.05, 0.1) is 10.7 Å². The van der Waals surface area contributed by atoms with E-state index >= 15 is 0 Å². The molecule has 1 aliphatic heterocycles. The van der Waals surface area contributed by atoms with Crippen LogP contribution in [0.3, 0.4) is 0 Å². The van der Waals surface area contributed by atoms with Crippen molar-refractivity contribution in [1.82, 2.24) is 5.32 Å². The van der Waals surface area contributed by atoms with Gasteiger partial charge in [0.2, 0.25) is 5.91 Å². The second kappa shape index (κ2) is 5.59. The Morgan fingerprint density at radius 2 is 2.33 bits per heavy atom. The van der Waals surface area contributed by atoms with Gasteiger partial charge < -0.3 is 16.0 Å².